The molecule has 1 saturated heterocycles. The van der Waals surface area contributed by atoms with Gasteiger partial charge in [0.05, 0.1) is 12.3 Å². The first-order valence-electron chi connectivity index (χ1n) is 9.42. The van der Waals surface area contributed by atoms with Crippen molar-refractivity contribution in [3.05, 3.63) is 59.7 Å². The Morgan fingerprint density at radius 3 is 2.53 bits per heavy atom. The fourth-order valence-electron chi connectivity index (χ4n) is 2.86. The maximum absolute atomic E-state index is 12.8. The monoisotopic (exact) mass is 409 g/mol. The van der Waals surface area contributed by atoms with Gasteiger partial charge in [0, 0.05) is 31.4 Å². The second kappa shape index (κ2) is 9.13. The molecule has 0 bridgehead atoms. The molecule has 2 aromatic rings. The second-order valence-electron chi connectivity index (χ2n) is 6.69. The average Bonchev–Trinajstić information content (AvgIpc) is 3.02. The molecule has 2 amide bonds. The van der Waals surface area contributed by atoms with E-state index in [0.29, 0.717) is 17.0 Å². The molecule has 0 aromatic heterocycles. The molecule has 1 heterocycles. The van der Waals surface area contributed by atoms with Crippen molar-refractivity contribution in [3.8, 4) is 5.75 Å². The number of benzene rings is 2. The van der Waals surface area contributed by atoms with Crippen LogP contribution in [-0.2, 0) is 19.1 Å². The summed E-state index contributed by atoms with van der Waals surface area (Å²) in [6.07, 6.45) is 1.46. The molecular weight excluding hydrogens is 386 g/mol. The van der Waals surface area contributed by atoms with E-state index in [9.17, 15) is 14.4 Å². The number of carbonyl (C=O) groups excluding carboxylic acids is 3. The molecule has 0 unspecified atom stereocenters. The topological polar surface area (TPSA) is 88.2 Å². The minimum atomic E-state index is -0.517. The number of esters is 1. The number of carbonyl (C=O) groups is 3. The second-order valence-corrected chi connectivity index (χ2v) is 6.69. The van der Waals surface area contributed by atoms with Gasteiger partial charge in [0.2, 0.25) is 0 Å². The number of hydrazine groups is 1. The van der Waals surface area contributed by atoms with E-state index in [4.69, 9.17) is 9.47 Å². The van der Waals surface area contributed by atoms with Gasteiger partial charge in [-0.2, -0.15) is 0 Å². The molecule has 0 spiro atoms. The molecule has 0 radical (unpaired) electrons. The van der Waals surface area contributed by atoms with E-state index >= 15 is 0 Å². The Morgan fingerprint density at radius 2 is 1.87 bits per heavy atom. The molecule has 1 aliphatic heterocycles. The third-order valence-corrected chi connectivity index (χ3v) is 4.37. The summed E-state index contributed by atoms with van der Waals surface area (Å²) >= 11 is 0. The minimum Gasteiger partial charge on any atom is -0.481 e. The highest BCUT2D eigenvalue weighted by molar-refractivity contribution is 6.31. The van der Waals surface area contributed by atoms with Crippen LogP contribution in [0.3, 0.4) is 0 Å². The number of ether oxygens (including phenoxy) is 2. The van der Waals surface area contributed by atoms with Gasteiger partial charge in [-0.1, -0.05) is 18.2 Å². The Bertz CT molecular complexity index is 986. The standard InChI is InChI=1S/C22H23N3O5/c1-4-29-20(26)14-30-19-13-17(24(2)3)11-10-15(19)12-18-21(27)23-25(22(18)28)16-8-6-5-7-9-16/h5-13H,4,14H2,1-3H3,(H,23,27)/b18-12-. The van der Waals surface area contributed by atoms with Crippen molar-refractivity contribution in [2.75, 3.05) is 37.2 Å². The molecule has 0 aliphatic carbocycles. The van der Waals surface area contributed by atoms with E-state index in [2.05, 4.69) is 5.43 Å². The van der Waals surface area contributed by atoms with Crippen LogP contribution in [0.15, 0.2) is 54.1 Å². The highest BCUT2D eigenvalue weighted by Gasteiger charge is 2.34. The summed E-state index contributed by atoms with van der Waals surface area (Å²) in [5, 5.41) is 1.20. The van der Waals surface area contributed by atoms with Crippen LogP contribution in [0.1, 0.15) is 12.5 Å². The molecule has 1 N–H and O–H groups in total. The Morgan fingerprint density at radius 1 is 1.13 bits per heavy atom. The van der Waals surface area contributed by atoms with Crippen LogP contribution in [-0.4, -0.2) is 45.1 Å². The maximum atomic E-state index is 12.8. The molecule has 8 nitrogen and oxygen atoms in total. The van der Waals surface area contributed by atoms with Gasteiger partial charge < -0.3 is 14.4 Å². The summed E-state index contributed by atoms with van der Waals surface area (Å²) < 4.78 is 10.5. The fourth-order valence-corrected chi connectivity index (χ4v) is 2.86. The summed E-state index contributed by atoms with van der Waals surface area (Å²) in [5.74, 6) is -1.13. The third kappa shape index (κ3) is 4.60. The Balaban J connectivity index is 1.92. The summed E-state index contributed by atoms with van der Waals surface area (Å²) in [6.45, 7) is 1.68. The number of hydrogen-bond acceptors (Lipinski definition) is 6. The van der Waals surface area contributed by atoms with Crippen molar-refractivity contribution in [2.45, 2.75) is 6.92 Å². The molecule has 2 aromatic carbocycles. The van der Waals surface area contributed by atoms with Crippen molar-refractivity contribution in [1.82, 2.24) is 5.43 Å². The number of anilines is 2. The predicted molar refractivity (Wildman–Crippen MR) is 113 cm³/mol. The molecule has 3 rings (SSSR count). The van der Waals surface area contributed by atoms with Crippen LogP contribution in [0.2, 0.25) is 0 Å². The number of para-hydroxylation sites is 1. The van der Waals surface area contributed by atoms with Crippen LogP contribution in [0.5, 0.6) is 5.75 Å². The number of amides is 2. The number of nitrogens with zero attached hydrogens (tertiary/aromatic N) is 2. The predicted octanol–water partition coefficient (Wildman–Crippen LogP) is 2.16. The van der Waals surface area contributed by atoms with Crippen LogP contribution >= 0.6 is 0 Å². The van der Waals surface area contributed by atoms with Crippen molar-refractivity contribution >= 4 is 35.2 Å². The molecule has 0 saturated carbocycles. The zero-order valence-corrected chi connectivity index (χ0v) is 17.0. The highest BCUT2D eigenvalue weighted by Crippen LogP contribution is 2.29. The van der Waals surface area contributed by atoms with Crippen molar-refractivity contribution in [2.24, 2.45) is 0 Å². The van der Waals surface area contributed by atoms with E-state index in [1.54, 1.807) is 43.3 Å². The van der Waals surface area contributed by atoms with Crippen molar-refractivity contribution in [1.29, 1.82) is 0 Å². The average molecular weight is 409 g/mol. The Labute approximate surface area is 174 Å². The molecule has 1 aliphatic rings. The molecule has 8 heteroatoms. The van der Waals surface area contributed by atoms with Gasteiger partial charge in [0.25, 0.3) is 11.8 Å². The summed E-state index contributed by atoms with van der Waals surface area (Å²) in [6, 6.07) is 14.1. The maximum Gasteiger partial charge on any atom is 0.344 e. The smallest absolute Gasteiger partial charge is 0.344 e. The normalized spacial score (nSPS) is 14.6. The lowest BCUT2D eigenvalue weighted by molar-refractivity contribution is -0.145. The van der Waals surface area contributed by atoms with Gasteiger partial charge in [0.1, 0.15) is 11.3 Å². The highest BCUT2D eigenvalue weighted by atomic mass is 16.6. The van der Waals surface area contributed by atoms with Crippen LogP contribution in [0.4, 0.5) is 11.4 Å². The number of rotatable bonds is 7. The Kier molecular flexibility index (Phi) is 6.36. The number of nitrogens with one attached hydrogen (secondary N) is 1. The summed E-state index contributed by atoms with van der Waals surface area (Å²) in [7, 11) is 3.74. The lowest BCUT2D eigenvalue weighted by Crippen LogP contribution is -2.35. The van der Waals surface area contributed by atoms with E-state index < -0.39 is 17.8 Å². The van der Waals surface area contributed by atoms with Crippen LogP contribution in [0, 0.1) is 0 Å². The molecular formula is C22H23N3O5. The lowest BCUT2D eigenvalue weighted by Gasteiger charge is -2.16. The summed E-state index contributed by atoms with van der Waals surface area (Å²) in [4.78, 5) is 38.8. The zero-order chi connectivity index (χ0) is 21.7. The number of hydrogen-bond donors (Lipinski definition) is 1. The minimum absolute atomic E-state index is 0.0301. The first kappa shape index (κ1) is 20.9. The zero-order valence-electron chi connectivity index (χ0n) is 17.0. The molecule has 30 heavy (non-hydrogen) atoms. The van der Waals surface area contributed by atoms with Gasteiger partial charge in [-0.15, -0.1) is 0 Å². The lowest BCUT2D eigenvalue weighted by atomic mass is 10.1. The van der Waals surface area contributed by atoms with Crippen LogP contribution < -0.4 is 20.1 Å². The van der Waals surface area contributed by atoms with E-state index in [0.717, 1.165) is 5.69 Å². The van der Waals surface area contributed by atoms with Crippen molar-refractivity contribution in [3.63, 3.8) is 0 Å². The molecule has 1 fully saturated rings. The van der Waals surface area contributed by atoms with Crippen molar-refractivity contribution < 1.29 is 23.9 Å². The molecule has 0 atom stereocenters. The van der Waals surface area contributed by atoms with Gasteiger partial charge in [0.15, 0.2) is 6.61 Å². The fraction of sp³-hybridized carbons (Fsp3) is 0.227. The van der Waals surface area contributed by atoms with Crippen LogP contribution in [0.25, 0.3) is 6.08 Å². The third-order valence-electron chi connectivity index (χ3n) is 4.37. The first-order chi connectivity index (χ1) is 14.4. The van der Waals surface area contributed by atoms with Gasteiger partial charge >= 0.3 is 5.97 Å². The SMILES string of the molecule is CCOC(=O)COc1cc(N(C)C)ccc1/C=C1/C(=O)NN(c2ccccc2)C1=O. The largest absolute Gasteiger partial charge is 0.481 e. The molecule has 156 valence electrons. The van der Waals surface area contributed by atoms with Gasteiger partial charge in [-0.25, -0.2) is 9.80 Å². The first-order valence-corrected chi connectivity index (χ1v) is 9.42. The van der Waals surface area contributed by atoms with E-state index in [-0.39, 0.29) is 18.8 Å². The summed E-state index contributed by atoms with van der Waals surface area (Å²) in [5.41, 5.74) is 4.42. The van der Waals surface area contributed by atoms with Gasteiger partial charge in [-0.05, 0) is 37.3 Å². The quantitative estimate of drug-likeness (QED) is 0.428. The van der Waals surface area contributed by atoms with E-state index in [1.807, 2.05) is 31.1 Å². The van der Waals surface area contributed by atoms with Gasteiger partial charge in [-0.3, -0.25) is 15.0 Å². The Hall–Kier alpha value is -3.81. The van der Waals surface area contributed by atoms with E-state index in [1.165, 1.54) is 11.1 Å².